The van der Waals surface area contributed by atoms with Crippen LogP contribution < -0.4 is 9.64 Å². The average Bonchev–Trinajstić information content (AvgIpc) is 2.73. The number of likely N-dealkylation sites (tertiary alicyclic amines) is 1. The van der Waals surface area contributed by atoms with E-state index in [9.17, 15) is 9.59 Å². The maximum Gasteiger partial charge on any atom is 0.319 e. The van der Waals surface area contributed by atoms with Crippen molar-refractivity contribution in [3.8, 4) is 5.75 Å². The Kier molecular flexibility index (Phi) is 6.08. The molecule has 0 aliphatic carbocycles. The van der Waals surface area contributed by atoms with Crippen molar-refractivity contribution in [3.05, 3.63) is 24.3 Å². The first-order valence-corrected chi connectivity index (χ1v) is 9.63. The van der Waals surface area contributed by atoms with Gasteiger partial charge in [-0.15, -0.1) is 0 Å². The molecule has 7 nitrogen and oxygen atoms in total. The zero-order chi connectivity index (χ0) is 19.4. The molecule has 0 aromatic heterocycles. The Balaban J connectivity index is 1.48. The normalized spacial score (nSPS) is 18.4. The Morgan fingerprint density at radius 3 is 2.04 bits per heavy atom. The second-order valence-corrected chi connectivity index (χ2v) is 7.45. The van der Waals surface area contributed by atoms with Crippen molar-refractivity contribution in [2.24, 2.45) is 5.92 Å². The largest absolute Gasteiger partial charge is 0.497 e. The van der Waals surface area contributed by atoms with E-state index < -0.39 is 0 Å². The number of hydrogen-bond acceptors (Lipinski definition) is 4. The molecule has 1 aromatic carbocycles. The summed E-state index contributed by atoms with van der Waals surface area (Å²) in [6, 6.07) is 8.10. The number of amides is 3. The van der Waals surface area contributed by atoms with E-state index in [4.69, 9.17) is 4.74 Å². The number of ether oxygens (including phenoxy) is 1. The molecular formula is C20H30N4O3. The predicted octanol–water partition coefficient (Wildman–Crippen LogP) is 1.74. The number of benzene rings is 1. The molecule has 7 heteroatoms. The van der Waals surface area contributed by atoms with Crippen LogP contribution in [0.5, 0.6) is 5.75 Å². The van der Waals surface area contributed by atoms with Crippen LogP contribution in [-0.4, -0.2) is 87.1 Å². The number of carbonyl (C=O) groups is 2. The van der Waals surface area contributed by atoms with E-state index in [0.29, 0.717) is 13.1 Å². The molecule has 2 saturated heterocycles. The highest BCUT2D eigenvalue weighted by atomic mass is 16.5. The van der Waals surface area contributed by atoms with E-state index in [2.05, 4.69) is 17.0 Å². The fourth-order valence-electron chi connectivity index (χ4n) is 3.84. The molecular weight excluding hydrogens is 344 g/mol. The molecule has 0 atom stereocenters. The van der Waals surface area contributed by atoms with E-state index in [0.717, 1.165) is 44.8 Å². The highest BCUT2D eigenvalue weighted by Crippen LogP contribution is 2.23. The SMILES string of the molecule is COc1ccc(N2CCN(C(=O)C3CCN(C(=O)N(C)C)CC3)CC2)cc1. The lowest BCUT2D eigenvalue weighted by molar-refractivity contribution is -0.137. The van der Waals surface area contributed by atoms with Crippen LogP contribution in [0, 0.1) is 5.92 Å². The molecule has 0 saturated carbocycles. The summed E-state index contributed by atoms with van der Waals surface area (Å²) in [7, 11) is 5.20. The van der Waals surface area contributed by atoms with Gasteiger partial charge in [0, 0.05) is 65.0 Å². The minimum atomic E-state index is 0.0361. The number of piperazine rings is 1. The van der Waals surface area contributed by atoms with Crippen molar-refractivity contribution in [3.63, 3.8) is 0 Å². The lowest BCUT2D eigenvalue weighted by Crippen LogP contribution is -2.52. The number of urea groups is 1. The van der Waals surface area contributed by atoms with Gasteiger partial charge < -0.3 is 24.3 Å². The summed E-state index contributed by atoms with van der Waals surface area (Å²) < 4.78 is 5.21. The number of piperidine rings is 1. The summed E-state index contributed by atoms with van der Waals surface area (Å²) in [5, 5.41) is 0. The molecule has 2 heterocycles. The van der Waals surface area contributed by atoms with Crippen molar-refractivity contribution in [1.82, 2.24) is 14.7 Å². The van der Waals surface area contributed by atoms with Crippen molar-refractivity contribution in [1.29, 1.82) is 0 Å². The second kappa shape index (κ2) is 8.50. The van der Waals surface area contributed by atoms with Gasteiger partial charge in [0.2, 0.25) is 5.91 Å². The second-order valence-electron chi connectivity index (χ2n) is 7.45. The van der Waals surface area contributed by atoms with Crippen LogP contribution in [0.1, 0.15) is 12.8 Å². The van der Waals surface area contributed by atoms with E-state index in [1.807, 2.05) is 21.9 Å². The van der Waals surface area contributed by atoms with Crippen LogP contribution in [0.25, 0.3) is 0 Å². The first-order chi connectivity index (χ1) is 13.0. The molecule has 0 N–H and O–H groups in total. The van der Waals surface area contributed by atoms with Crippen LogP contribution in [-0.2, 0) is 4.79 Å². The zero-order valence-electron chi connectivity index (χ0n) is 16.6. The van der Waals surface area contributed by atoms with Crippen molar-refractivity contribution in [2.45, 2.75) is 12.8 Å². The molecule has 3 amide bonds. The first-order valence-electron chi connectivity index (χ1n) is 9.63. The third-order valence-corrected chi connectivity index (χ3v) is 5.53. The molecule has 148 valence electrons. The summed E-state index contributed by atoms with van der Waals surface area (Å²) in [6.07, 6.45) is 1.52. The van der Waals surface area contributed by atoms with Gasteiger partial charge in [-0.05, 0) is 37.1 Å². The Labute approximate surface area is 161 Å². The minimum absolute atomic E-state index is 0.0361. The van der Waals surface area contributed by atoms with Crippen LogP contribution in [0.3, 0.4) is 0 Å². The monoisotopic (exact) mass is 374 g/mol. The van der Waals surface area contributed by atoms with Gasteiger partial charge in [-0.1, -0.05) is 0 Å². The topological polar surface area (TPSA) is 56.3 Å². The Morgan fingerprint density at radius 2 is 1.52 bits per heavy atom. The van der Waals surface area contributed by atoms with Gasteiger partial charge in [-0.2, -0.15) is 0 Å². The minimum Gasteiger partial charge on any atom is -0.497 e. The van der Waals surface area contributed by atoms with Crippen LogP contribution in [0.2, 0.25) is 0 Å². The molecule has 0 spiro atoms. The fraction of sp³-hybridized carbons (Fsp3) is 0.600. The number of rotatable bonds is 3. The molecule has 2 aliphatic rings. The van der Waals surface area contributed by atoms with Gasteiger partial charge in [0.05, 0.1) is 7.11 Å². The standard InChI is InChI=1S/C20H30N4O3/c1-21(2)20(26)24-10-8-16(9-11-24)19(25)23-14-12-22(13-15-23)17-4-6-18(27-3)7-5-17/h4-7,16H,8-15H2,1-3H3. The smallest absolute Gasteiger partial charge is 0.319 e. The van der Waals surface area contributed by atoms with Crippen LogP contribution in [0.15, 0.2) is 24.3 Å². The molecule has 0 bridgehead atoms. The van der Waals surface area contributed by atoms with E-state index in [-0.39, 0.29) is 17.9 Å². The lowest BCUT2D eigenvalue weighted by Gasteiger charge is -2.39. The molecule has 2 fully saturated rings. The van der Waals surface area contributed by atoms with E-state index in [1.54, 1.807) is 26.1 Å². The average molecular weight is 374 g/mol. The molecule has 2 aliphatic heterocycles. The number of nitrogens with zero attached hydrogens (tertiary/aromatic N) is 4. The van der Waals surface area contributed by atoms with E-state index in [1.165, 1.54) is 5.69 Å². The predicted molar refractivity (Wildman–Crippen MR) is 105 cm³/mol. The van der Waals surface area contributed by atoms with Crippen LogP contribution >= 0.6 is 0 Å². The summed E-state index contributed by atoms with van der Waals surface area (Å²) in [5.41, 5.74) is 1.17. The Morgan fingerprint density at radius 1 is 0.926 bits per heavy atom. The highest BCUT2D eigenvalue weighted by Gasteiger charge is 2.32. The summed E-state index contributed by atoms with van der Waals surface area (Å²) in [6.45, 7) is 4.52. The van der Waals surface area contributed by atoms with Gasteiger partial charge in [-0.3, -0.25) is 4.79 Å². The summed E-state index contributed by atoms with van der Waals surface area (Å²) in [5.74, 6) is 1.15. The van der Waals surface area contributed by atoms with Crippen molar-refractivity contribution >= 4 is 17.6 Å². The summed E-state index contributed by atoms with van der Waals surface area (Å²) in [4.78, 5) is 32.6. The molecule has 0 radical (unpaired) electrons. The van der Waals surface area contributed by atoms with Gasteiger partial charge in [0.15, 0.2) is 0 Å². The fourth-order valence-corrected chi connectivity index (χ4v) is 3.84. The Hall–Kier alpha value is -2.44. The van der Waals surface area contributed by atoms with Crippen molar-refractivity contribution in [2.75, 3.05) is 65.4 Å². The van der Waals surface area contributed by atoms with Crippen LogP contribution in [0.4, 0.5) is 10.5 Å². The third-order valence-electron chi connectivity index (χ3n) is 5.53. The van der Waals surface area contributed by atoms with E-state index >= 15 is 0 Å². The molecule has 27 heavy (non-hydrogen) atoms. The number of hydrogen-bond donors (Lipinski definition) is 0. The van der Waals surface area contributed by atoms with Gasteiger partial charge in [0.1, 0.15) is 5.75 Å². The quantitative estimate of drug-likeness (QED) is 0.809. The number of carbonyl (C=O) groups excluding carboxylic acids is 2. The first kappa shape index (κ1) is 19.3. The Bertz CT molecular complexity index is 646. The maximum absolute atomic E-state index is 12.9. The number of anilines is 1. The van der Waals surface area contributed by atoms with Gasteiger partial charge in [0.25, 0.3) is 0 Å². The van der Waals surface area contributed by atoms with Gasteiger partial charge >= 0.3 is 6.03 Å². The number of methoxy groups -OCH3 is 1. The third kappa shape index (κ3) is 4.46. The van der Waals surface area contributed by atoms with Crippen molar-refractivity contribution < 1.29 is 14.3 Å². The molecule has 3 rings (SSSR count). The zero-order valence-corrected chi connectivity index (χ0v) is 16.6. The lowest BCUT2D eigenvalue weighted by atomic mass is 9.95. The maximum atomic E-state index is 12.9. The highest BCUT2D eigenvalue weighted by molar-refractivity contribution is 5.80. The summed E-state index contributed by atoms with van der Waals surface area (Å²) >= 11 is 0. The molecule has 1 aromatic rings. The molecule has 0 unspecified atom stereocenters. The van der Waals surface area contributed by atoms with Gasteiger partial charge in [-0.25, -0.2) is 4.79 Å².